The van der Waals surface area contributed by atoms with Gasteiger partial charge >= 0.3 is 0 Å². The van der Waals surface area contributed by atoms with E-state index in [1.54, 1.807) is 0 Å². The lowest BCUT2D eigenvalue weighted by Gasteiger charge is -2.34. The number of hydrogen-bond acceptors (Lipinski definition) is 2. The van der Waals surface area contributed by atoms with E-state index in [1.807, 2.05) is 0 Å². The van der Waals surface area contributed by atoms with Gasteiger partial charge < -0.3 is 5.11 Å². The van der Waals surface area contributed by atoms with Crippen LogP contribution in [-0.4, -0.2) is 35.2 Å². The number of aliphatic hydroxyl groups excluding tert-OH is 1. The monoisotopic (exact) mass is 167 g/mol. The summed E-state index contributed by atoms with van der Waals surface area (Å²) in [5.74, 6) is 0. The largest absolute Gasteiger partial charge is 0.391 e. The minimum absolute atomic E-state index is 0.0707. The van der Waals surface area contributed by atoms with Crippen LogP contribution in [0.25, 0.3) is 0 Å². The van der Waals surface area contributed by atoms with E-state index in [0.29, 0.717) is 6.04 Å². The third kappa shape index (κ3) is 1.54. The molecule has 0 saturated heterocycles. The van der Waals surface area contributed by atoms with Crippen molar-refractivity contribution in [1.29, 1.82) is 0 Å². The zero-order valence-corrected chi connectivity index (χ0v) is 7.45. The van der Waals surface area contributed by atoms with Gasteiger partial charge in [0.1, 0.15) is 0 Å². The Labute approximate surface area is 73.9 Å². The molecule has 2 rings (SSSR count). The van der Waals surface area contributed by atoms with Crippen LogP contribution in [-0.2, 0) is 0 Å². The fourth-order valence-corrected chi connectivity index (χ4v) is 2.28. The van der Waals surface area contributed by atoms with Gasteiger partial charge in [-0.1, -0.05) is 25.0 Å². The summed E-state index contributed by atoms with van der Waals surface area (Å²) in [6.07, 6.45) is 9.00. The maximum absolute atomic E-state index is 9.76. The van der Waals surface area contributed by atoms with Crippen LogP contribution in [0.5, 0.6) is 0 Å². The molecule has 68 valence electrons. The molecule has 2 heteroatoms. The summed E-state index contributed by atoms with van der Waals surface area (Å²) in [4.78, 5) is 2.38. The summed E-state index contributed by atoms with van der Waals surface area (Å²) < 4.78 is 0. The van der Waals surface area contributed by atoms with E-state index in [2.05, 4.69) is 17.1 Å². The lowest BCUT2D eigenvalue weighted by atomic mass is 9.91. The van der Waals surface area contributed by atoms with Gasteiger partial charge in [0.05, 0.1) is 6.10 Å². The van der Waals surface area contributed by atoms with Crippen molar-refractivity contribution in [2.75, 3.05) is 13.1 Å². The van der Waals surface area contributed by atoms with Crippen molar-refractivity contribution in [3.8, 4) is 0 Å². The Morgan fingerprint density at radius 3 is 2.42 bits per heavy atom. The quantitative estimate of drug-likeness (QED) is 0.592. The second-order valence-corrected chi connectivity index (χ2v) is 3.84. The van der Waals surface area contributed by atoms with Crippen molar-refractivity contribution in [2.45, 2.75) is 37.8 Å². The number of nitrogens with zero attached hydrogens (tertiary/aromatic N) is 1. The first-order chi connectivity index (χ1) is 5.88. The molecule has 2 atom stereocenters. The predicted octanol–water partition coefficient (Wildman–Crippen LogP) is 1.16. The molecule has 0 aromatic heterocycles. The highest BCUT2D eigenvalue weighted by Crippen LogP contribution is 2.24. The first-order valence-electron chi connectivity index (χ1n) is 4.95. The Morgan fingerprint density at radius 2 is 1.75 bits per heavy atom. The molecule has 2 aliphatic rings. The third-order valence-corrected chi connectivity index (χ3v) is 3.01. The van der Waals surface area contributed by atoms with Gasteiger partial charge in [-0.15, -0.1) is 0 Å². The third-order valence-electron chi connectivity index (χ3n) is 3.01. The average Bonchev–Trinajstić information content (AvgIpc) is 2.57. The van der Waals surface area contributed by atoms with Gasteiger partial charge in [-0.3, -0.25) is 4.90 Å². The van der Waals surface area contributed by atoms with Crippen LogP contribution >= 0.6 is 0 Å². The van der Waals surface area contributed by atoms with Crippen LogP contribution in [0.2, 0.25) is 0 Å². The van der Waals surface area contributed by atoms with E-state index in [1.165, 1.54) is 19.3 Å². The van der Waals surface area contributed by atoms with Crippen molar-refractivity contribution in [2.24, 2.45) is 0 Å². The molecule has 0 bridgehead atoms. The molecule has 0 unspecified atom stereocenters. The average molecular weight is 167 g/mol. The fraction of sp³-hybridized carbons (Fsp3) is 0.800. The topological polar surface area (TPSA) is 23.5 Å². The van der Waals surface area contributed by atoms with E-state index in [0.717, 1.165) is 19.5 Å². The molecular weight excluding hydrogens is 150 g/mol. The molecule has 0 amide bonds. The standard InChI is InChI=1S/C10H17NO/c12-10-6-2-1-5-9(10)11-7-3-4-8-11/h3-4,9-10,12H,1-2,5-8H2/t9-,10-/m0/s1. The van der Waals surface area contributed by atoms with Gasteiger partial charge in [0.25, 0.3) is 0 Å². The van der Waals surface area contributed by atoms with Gasteiger partial charge in [-0.2, -0.15) is 0 Å². The van der Waals surface area contributed by atoms with Crippen LogP contribution in [0.1, 0.15) is 25.7 Å². The SMILES string of the molecule is O[C@H]1CCCC[C@@H]1N1CC=CC1. The smallest absolute Gasteiger partial charge is 0.0695 e. The minimum atomic E-state index is -0.0707. The second kappa shape index (κ2) is 3.58. The molecule has 12 heavy (non-hydrogen) atoms. The summed E-state index contributed by atoms with van der Waals surface area (Å²) in [7, 11) is 0. The zero-order chi connectivity index (χ0) is 8.39. The molecule has 1 saturated carbocycles. The Morgan fingerprint density at radius 1 is 1.08 bits per heavy atom. The first kappa shape index (κ1) is 8.27. The predicted molar refractivity (Wildman–Crippen MR) is 49.0 cm³/mol. The maximum Gasteiger partial charge on any atom is 0.0695 e. The van der Waals surface area contributed by atoms with E-state index < -0.39 is 0 Å². The Hall–Kier alpha value is -0.340. The lowest BCUT2D eigenvalue weighted by molar-refractivity contribution is 0.0336. The van der Waals surface area contributed by atoms with Crippen LogP contribution in [0.3, 0.4) is 0 Å². The normalized spacial score (nSPS) is 37.4. The zero-order valence-electron chi connectivity index (χ0n) is 7.45. The fourth-order valence-electron chi connectivity index (χ4n) is 2.28. The summed E-state index contributed by atoms with van der Waals surface area (Å²) in [6.45, 7) is 2.09. The van der Waals surface area contributed by atoms with Gasteiger partial charge in [0.2, 0.25) is 0 Å². The van der Waals surface area contributed by atoms with E-state index in [4.69, 9.17) is 0 Å². The van der Waals surface area contributed by atoms with Crippen molar-refractivity contribution in [3.63, 3.8) is 0 Å². The van der Waals surface area contributed by atoms with Gasteiger partial charge in [-0.25, -0.2) is 0 Å². The van der Waals surface area contributed by atoms with Crippen molar-refractivity contribution >= 4 is 0 Å². The highest BCUT2D eigenvalue weighted by atomic mass is 16.3. The Kier molecular flexibility index (Phi) is 2.47. The van der Waals surface area contributed by atoms with Crippen LogP contribution in [0.15, 0.2) is 12.2 Å². The lowest BCUT2D eigenvalue weighted by Crippen LogP contribution is -2.44. The molecule has 0 aromatic rings. The molecule has 1 aliphatic heterocycles. The molecule has 1 aliphatic carbocycles. The summed E-state index contributed by atoms with van der Waals surface area (Å²) >= 11 is 0. The minimum Gasteiger partial charge on any atom is -0.391 e. The Balaban J connectivity index is 1.92. The molecule has 1 heterocycles. The van der Waals surface area contributed by atoms with Crippen LogP contribution in [0.4, 0.5) is 0 Å². The molecule has 0 radical (unpaired) electrons. The maximum atomic E-state index is 9.76. The van der Waals surface area contributed by atoms with E-state index >= 15 is 0 Å². The van der Waals surface area contributed by atoms with E-state index in [-0.39, 0.29) is 6.10 Å². The molecular formula is C10H17NO. The van der Waals surface area contributed by atoms with Gasteiger partial charge in [-0.05, 0) is 12.8 Å². The summed E-state index contributed by atoms with van der Waals surface area (Å²) in [6, 6.07) is 0.439. The number of rotatable bonds is 1. The first-order valence-corrected chi connectivity index (χ1v) is 4.95. The highest BCUT2D eigenvalue weighted by Gasteiger charge is 2.28. The van der Waals surface area contributed by atoms with Crippen molar-refractivity contribution in [1.82, 2.24) is 4.90 Å². The van der Waals surface area contributed by atoms with E-state index in [9.17, 15) is 5.11 Å². The Bertz CT molecular complexity index is 171. The molecule has 0 spiro atoms. The molecule has 2 nitrogen and oxygen atoms in total. The summed E-state index contributed by atoms with van der Waals surface area (Å²) in [5.41, 5.74) is 0. The van der Waals surface area contributed by atoms with Crippen molar-refractivity contribution < 1.29 is 5.11 Å². The molecule has 0 aromatic carbocycles. The number of hydrogen-bond donors (Lipinski definition) is 1. The molecule has 1 N–H and O–H groups in total. The van der Waals surface area contributed by atoms with Crippen LogP contribution in [0, 0.1) is 0 Å². The summed E-state index contributed by atoms with van der Waals surface area (Å²) in [5, 5.41) is 9.76. The number of aliphatic hydroxyl groups is 1. The van der Waals surface area contributed by atoms with Crippen molar-refractivity contribution in [3.05, 3.63) is 12.2 Å². The second-order valence-electron chi connectivity index (χ2n) is 3.84. The van der Waals surface area contributed by atoms with Gasteiger partial charge in [0, 0.05) is 19.1 Å². The highest BCUT2D eigenvalue weighted by molar-refractivity contribution is 4.99. The van der Waals surface area contributed by atoms with Crippen LogP contribution < -0.4 is 0 Å². The van der Waals surface area contributed by atoms with Gasteiger partial charge in [0.15, 0.2) is 0 Å². The molecule has 1 fully saturated rings.